The molecule has 2 aromatic carbocycles. The van der Waals surface area contributed by atoms with Crippen LogP contribution in [-0.2, 0) is 11.8 Å². The molecule has 0 aromatic heterocycles. The molecule has 0 amide bonds. The van der Waals surface area contributed by atoms with Crippen molar-refractivity contribution in [2.45, 2.75) is 66.2 Å². The monoisotopic (exact) mass is 438 g/mol. The fourth-order valence-corrected chi connectivity index (χ4v) is 4.49. The highest BCUT2D eigenvalue weighted by atomic mass is 14.3. The van der Waals surface area contributed by atoms with E-state index in [0.29, 0.717) is 5.92 Å². The molecule has 0 saturated heterocycles. The number of benzene rings is 2. The molecule has 0 nitrogen and oxygen atoms in total. The van der Waals surface area contributed by atoms with Crippen LogP contribution in [0.5, 0.6) is 0 Å². The summed E-state index contributed by atoms with van der Waals surface area (Å²) in [6, 6.07) is 15.7. The summed E-state index contributed by atoms with van der Waals surface area (Å²) in [4.78, 5) is 0. The first-order valence-corrected chi connectivity index (χ1v) is 12.1. The lowest BCUT2D eigenvalue weighted by Crippen LogP contribution is -2.12. The van der Waals surface area contributed by atoms with E-state index < -0.39 is 0 Å². The minimum Gasteiger partial charge on any atom is -0.106 e. The molecule has 2 aromatic rings. The average Bonchev–Trinajstić information content (AvgIpc) is 3.25. The third kappa shape index (κ3) is 7.06. The van der Waals surface area contributed by atoms with Crippen LogP contribution in [0.2, 0.25) is 0 Å². The predicted octanol–water partition coefficient (Wildman–Crippen LogP) is 9.72. The number of hydrogen-bond acceptors (Lipinski definition) is 0. The first kappa shape index (κ1) is 26.4. The van der Waals surface area contributed by atoms with Crippen LogP contribution in [-0.4, -0.2) is 0 Å². The van der Waals surface area contributed by atoms with Gasteiger partial charge >= 0.3 is 0 Å². The summed E-state index contributed by atoms with van der Waals surface area (Å²) in [6.07, 6.45) is 12.4. The summed E-state index contributed by atoms with van der Waals surface area (Å²) in [7, 11) is 0. The molecule has 2 aliphatic carbocycles. The van der Waals surface area contributed by atoms with Gasteiger partial charge < -0.3 is 0 Å². The Morgan fingerprint density at radius 2 is 1.64 bits per heavy atom. The van der Waals surface area contributed by atoms with Crippen LogP contribution in [0.1, 0.15) is 64.2 Å². The van der Waals surface area contributed by atoms with Gasteiger partial charge in [0, 0.05) is 5.92 Å². The maximum Gasteiger partial charge on any atom is 0.00238 e. The highest BCUT2D eigenvalue weighted by Gasteiger charge is 2.21. The Balaban J connectivity index is 0.000000236. The van der Waals surface area contributed by atoms with Gasteiger partial charge in [0.05, 0.1) is 0 Å². The first-order chi connectivity index (χ1) is 15.7. The minimum absolute atomic E-state index is 0.217. The fraction of sp³-hybridized carbons (Fsp3) is 0.333. The Hall–Kier alpha value is -2.86. The molecule has 0 bridgehead atoms. The maximum atomic E-state index is 3.98. The van der Waals surface area contributed by atoms with Gasteiger partial charge in [0.2, 0.25) is 0 Å². The summed E-state index contributed by atoms with van der Waals surface area (Å²) in [5.74, 6) is 0.682. The van der Waals surface area contributed by atoms with Gasteiger partial charge in [-0.05, 0) is 71.9 Å². The molecule has 0 heteroatoms. The third-order valence-electron chi connectivity index (χ3n) is 6.39. The van der Waals surface area contributed by atoms with Crippen LogP contribution in [0.25, 0.3) is 11.1 Å². The van der Waals surface area contributed by atoms with Crippen LogP contribution < -0.4 is 0 Å². The Bertz CT molecular complexity index is 1030. The predicted molar refractivity (Wildman–Crippen MR) is 149 cm³/mol. The van der Waals surface area contributed by atoms with E-state index in [0.717, 1.165) is 12.8 Å². The second-order valence-electron chi connectivity index (χ2n) is 9.99. The van der Waals surface area contributed by atoms with Crippen molar-refractivity contribution in [2.75, 3.05) is 0 Å². The van der Waals surface area contributed by atoms with Crippen molar-refractivity contribution in [1.82, 2.24) is 0 Å². The standard InChI is InChI=1S/C19H24.C12H14.C2H4/c1-6-15-7-9-16(10-8-15)17-11-12-18(14(2)13-17)19(3,4)5;1-9(2)12-7-10-5-3-4-6-11(10)8-12;1-2/h7-13H,6H2,1-5H3;3-5,8,11H,1,6-7H2,2H3;1-2H2. The van der Waals surface area contributed by atoms with Crippen LogP contribution in [0.15, 0.2) is 103 Å². The van der Waals surface area contributed by atoms with E-state index >= 15 is 0 Å². The van der Waals surface area contributed by atoms with E-state index in [1.54, 1.807) is 5.57 Å². The first-order valence-electron chi connectivity index (χ1n) is 12.1. The largest absolute Gasteiger partial charge is 0.106 e. The Morgan fingerprint density at radius 1 is 1.00 bits per heavy atom. The van der Waals surface area contributed by atoms with E-state index in [9.17, 15) is 0 Å². The van der Waals surface area contributed by atoms with E-state index in [1.807, 2.05) is 0 Å². The number of allylic oxidation sites excluding steroid dienone is 7. The van der Waals surface area contributed by atoms with Gasteiger partial charge in [-0.15, -0.1) is 13.2 Å². The van der Waals surface area contributed by atoms with Crippen molar-refractivity contribution in [1.29, 1.82) is 0 Å². The number of aryl methyl sites for hydroxylation is 2. The van der Waals surface area contributed by atoms with Crippen molar-refractivity contribution >= 4 is 0 Å². The molecular formula is C33H42. The molecule has 0 heterocycles. The normalized spacial score (nSPS) is 16.4. The topological polar surface area (TPSA) is 0 Å². The third-order valence-corrected chi connectivity index (χ3v) is 6.39. The van der Waals surface area contributed by atoms with Crippen LogP contribution in [0.4, 0.5) is 0 Å². The van der Waals surface area contributed by atoms with Crippen molar-refractivity contribution in [3.05, 3.63) is 120 Å². The summed E-state index contributed by atoms with van der Waals surface area (Å²) in [6.45, 7) is 23.3. The molecule has 1 atom stereocenters. The summed E-state index contributed by atoms with van der Waals surface area (Å²) in [5.41, 5.74) is 11.3. The summed E-state index contributed by atoms with van der Waals surface area (Å²) in [5, 5.41) is 0. The highest BCUT2D eigenvalue weighted by molar-refractivity contribution is 5.65. The summed E-state index contributed by atoms with van der Waals surface area (Å²) < 4.78 is 0. The van der Waals surface area contributed by atoms with Crippen molar-refractivity contribution in [3.63, 3.8) is 0 Å². The average molecular weight is 439 g/mol. The molecule has 0 aliphatic heterocycles. The smallest absolute Gasteiger partial charge is 0.00238 e. The Kier molecular flexibility index (Phi) is 9.47. The van der Waals surface area contributed by atoms with Crippen molar-refractivity contribution < 1.29 is 0 Å². The van der Waals surface area contributed by atoms with Gasteiger partial charge in [0.25, 0.3) is 0 Å². The van der Waals surface area contributed by atoms with Gasteiger partial charge in [-0.3, -0.25) is 0 Å². The lowest BCUT2D eigenvalue weighted by Gasteiger charge is -2.22. The zero-order chi connectivity index (χ0) is 24.6. The lowest BCUT2D eigenvalue weighted by atomic mass is 9.83. The maximum absolute atomic E-state index is 3.98. The molecule has 0 fully saturated rings. The van der Waals surface area contributed by atoms with E-state index in [1.165, 1.54) is 45.4 Å². The Labute approximate surface area is 203 Å². The fourth-order valence-electron chi connectivity index (χ4n) is 4.49. The molecule has 1 unspecified atom stereocenters. The van der Waals surface area contributed by atoms with Gasteiger partial charge in [-0.1, -0.05) is 112 Å². The van der Waals surface area contributed by atoms with Crippen LogP contribution >= 0.6 is 0 Å². The number of rotatable bonds is 3. The van der Waals surface area contributed by atoms with Gasteiger partial charge in [0.1, 0.15) is 0 Å². The van der Waals surface area contributed by atoms with Crippen LogP contribution in [0, 0.1) is 12.8 Å². The molecule has 174 valence electrons. The molecule has 2 aliphatic rings. The minimum atomic E-state index is 0.217. The number of fused-ring (bicyclic) bond motifs is 1. The molecule has 0 N–H and O–H groups in total. The second kappa shape index (κ2) is 11.8. The zero-order valence-corrected chi connectivity index (χ0v) is 21.7. The van der Waals surface area contributed by atoms with E-state index in [2.05, 4.69) is 128 Å². The molecule has 33 heavy (non-hydrogen) atoms. The molecule has 0 radical (unpaired) electrons. The lowest BCUT2D eigenvalue weighted by molar-refractivity contribution is 0.586. The van der Waals surface area contributed by atoms with Crippen molar-refractivity contribution in [2.24, 2.45) is 5.92 Å². The highest BCUT2D eigenvalue weighted by Crippen LogP contribution is 2.37. The van der Waals surface area contributed by atoms with Crippen LogP contribution in [0.3, 0.4) is 0 Å². The SMILES string of the molecule is C=C.C=C(C)C1=CC2CC=CC=C2C1.CCc1ccc(-c2ccc(C(C)(C)C)c(C)c2)cc1. The second-order valence-corrected chi connectivity index (χ2v) is 9.99. The quantitative estimate of drug-likeness (QED) is 0.418. The molecule has 4 rings (SSSR count). The number of hydrogen-bond donors (Lipinski definition) is 0. The Morgan fingerprint density at radius 3 is 2.15 bits per heavy atom. The molecular weight excluding hydrogens is 396 g/mol. The van der Waals surface area contributed by atoms with Gasteiger partial charge in [-0.2, -0.15) is 0 Å². The van der Waals surface area contributed by atoms with E-state index in [-0.39, 0.29) is 5.41 Å². The van der Waals surface area contributed by atoms with E-state index in [4.69, 9.17) is 0 Å². The zero-order valence-electron chi connectivity index (χ0n) is 21.7. The molecule has 0 spiro atoms. The van der Waals surface area contributed by atoms with Gasteiger partial charge in [0.15, 0.2) is 0 Å². The molecule has 0 saturated carbocycles. The summed E-state index contributed by atoms with van der Waals surface area (Å²) >= 11 is 0. The van der Waals surface area contributed by atoms with Crippen molar-refractivity contribution in [3.8, 4) is 11.1 Å². The van der Waals surface area contributed by atoms with Gasteiger partial charge in [-0.25, -0.2) is 0 Å².